The van der Waals surface area contributed by atoms with Crippen LogP contribution >= 0.6 is 0 Å². The number of likely N-dealkylation sites (tertiary alicyclic amines) is 1. The molecular formula is C40H48FN13O5. The second-order valence-electron chi connectivity index (χ2n) is 15.7. The summed E-state index contributed by atoms with van der Waals surface area (Å²) in [5, 5.41) is 16.1. The fraction of sp³-hybridized carbons (Fsp3) is 0.475. The molecule has 3 amide bonds. The molecule has 5 aromatic rings. The molecule has 3 atom stereocenters. The molecule has 4 aromatic heterocycles. The Balaban J connectivity index is 0.762. The maximum Gasteiger partial charge on any atom is 0.329 e. The van der Waals surface area contributed by atoms with E-state index in [9.17, 15) is 23.6 Å². The highest BCUT2D eigenvalue weighted by Crippen LogP contribution is 2.31. The van der Waals surface area contributed by atoms with Gasteiger partial charge in [-0.25, -0.2) is 23.7 Å². The first-order chi connectivity index (χ1) is 28.6. The van der Waals surface area contributed by atoms with Gasteiger partial charge < -0.3 is 30.5 Å². The van der Waals surface area contributed by atoms with Crippen molar-refractivity contribution in [2.75, 3.05) is 74.9 Å². The van der Waals surface area contributed by atoms with E-state index in [0.717, 1.165) is 76.4 Å². The van der Waals surface area contributed by atoms with Gasteiger partial charge in [0.15, 0.2) is 17.2 Å². The fourth-order valence-corrected chi connectivity index (χ4v) is 8.34. The number of imide groups is 1. The van der Waals surface area contributed by atoms with Crippen LogP contribution in [0.1, 0.15) is 48.6 Å². The van der Waals surface area contributed by atoms with Crippen molar-refractivity contribution in [3.05, 3.63) is 65.0 Å². The third kappa shape index (κ3) is 7.78. The number of nitrogens with zero attached hydrogens (tertiary/aromatic N) is 9. The fourth-order valence-electron chi connectivity index (χ4n) is 8.34. The summed E-state index contributed by atoms with van der Waals surface area (Å²) in [6.45, 7) is 7.35. The number of carbonyl (C=O) groups is 3. The number of carbonyl (C=O) groups excluding carboxylic acids is 3. The lowest BCUT2D eigenvalue weighted by Crippen LogP contribution is -2.49. The van der Waals surface area contributed by atoms with Crippen molar-refractivity contribution in [3.63, 3.8) is 0 Å². The van der Waals surface area contributed by atoms with Gasteiger partial charge in [0.05, 0.1) is 29.0 Å². The highest BCUT2D eigenvalue weighted by molar-refractivity contribution is 6.00. The average Bonchev–Trinajstić information content (AvgIpc) is 3.65. The standard InChI is InChI=1S/C40H48FN13O5/c1-42-29-22-34(48-54-33(23-44-36(29)54)38(57)46-28-21-26(28)41)45-27-4-3-11-43-39(27)59-25-9-12-50(13-10-25)14-15-51-16-18-52(19-17-51)24-5-6-30-32(20-24)49(2)40(58)53(30)31-7-8-35(55)47-37(31)56/h3-6,11,20,22-23,25-26,28,31,42H,7-10,12-19,21H2,1-2H3,(H,45,48)(H,46,57)(H,47,55,56)/t26-,28+,31?/m0/s1. The van der Waals surface area contributed by atoms with E-state index in [4.69, 9.17) is 4.74 Å². The van der Waals surface area contributed by atoms with E-state index in [1.54, 1.807) is 30.9 Å². The number of aryl methyl sites for hydroxylation is 1. The lowest BCUT2D eigenvalue weighted by molar-refractivity contribution is -0.135. The van der Waals surface area contributed by atoms with Crippen molar-refractivity contribution < 1.29 is 23.5 Å². The summed E-state index contributed by atoms with van der Waals surface area (Å²) in [5.41, 5.74) is 4.21. The molecule has 1 aromatic carbocycles. The predicted octanol–water partition coefficient (Wildman–Crippen LogP) is 2.05. The Morgan fingerprint density at radius 1 is 0.949 bits per heavy atom. The van der Waals surface area contributed by atoms with Gasteiger partial charge in [-0.05, 0) is 49.6 Å². The monoisotopic (exact) mass is 809 g/mol. The Bertz CT molecular complexity index is 2470. The number of halogens is 1. The zero-order valence-electron chi connectivity index (χ0n) is 33.1. The van der Waals surface area contributed by atoms with Crippen LogP contribution in [-0.4, -0.2) is 134 Å². The topological polar surface area (TPSA) is 188 Å². The predicted molar refractivity (Wildman–Crippen MR) is 218 cm³/mol. The number of amides is 3. The molecule has 7 heterocycles. The number of piperazine rings is 1. The number of anilines is 4. The van der Waals surface area contributed by atoms with Crippen molar-refractivity contribution in [3.8, 4) is 5.88 Å². The molecule has 9 rings (SSSR count). The third-order valence-electron chi connectivity index (χ3n) is 11.9. The molecule has 19 heteroatoms. The Morgan fingerprint density at radius 2 is 1.71 bits per heavy atom. The third-order valence-corrected chi connectivity index (χ3v) is 11.9. The molecule has 4 N–H and O–H groups in total. The number of aromatic nitrogens is 6. The van der Waals surface area contributed by atoms with Gasteiger partial charge in [0.25, 0.3) is 5.91 Å². The van der Waals surface area contributed by atoms with Gasteiger partial charge >= 0.3 is 5.69 Å². The number of pyridine rings is 1. The smallest absolute Gasteiger partial charge is 0.329 e. The molecule has 0 bridgehead atoms. The largest absolute Gasteiger partial charge is 0.473 e. The average molecular weight is 810 g/mol. The zero-order valence-corrected chi connectivity index (χ0v) is 33.1. The summed E-state index contributed by atoms with van der Waals surface area (Å²) in [6.07, 6.45) is 4.67. The second kappa shape index (κ2) is 15.9. The Labute approximate surface area is 338 Å². The molecule has 0 spiro atoms. The van der Waals surface area contributed by atoms with Crippen molar-refractivity contribution in [1.29, 1.82) is 0 Å². The van der Waals surface area contributed by atoms with Crippen LogP contribution in [0.3, 0.4) is 0 Å². The maximum atomic E-state index is 13.5. The summed E-state index contributed by atoms with van der Waals surface area (Å²) in [4.78, 5) is 66.6. The highest BCUT2D eigenvalue weighted by atomic mass is 19.1. The first-order valence-electron chi connectivity index (χ1n) is 20.3. The Morgan fingerprint density at radius 3 is 2.44 bits per heavy atom. The first kappa shape index (κ1) is 38.4. The minimum atomic E-state index is -1.02. The van der Waals surface area contributed by atoms with Crippen LogP contribution in [0, 0.1) is 0 Å². The number of fused-ring (bicyclic) bond motifs is 2. The molecule has 1 saturated carbocycles. The Hall–Kier alpha value is -6.08. The summed E-state index contributed by atoms with van der Waals surface area (Å²) in [7, 11) is 3.49. The number of ether oxygens (including phenoxy) is 1. The maximum absolute atomic E-state index is 13.5. The molecule has 18 nitrogen and oxygen atoms in total. The lowest BCUT2D eigenvalue weighted by atomic mass is 10.1. The number of nitrogens with one attached hydrogen (secondary N) is 4. The summed E-state index contributed by atoms with van der Waals surface area (Å²) >= 11 is 0. The number of hydrogen-bond donors (Lipinski definition) is 4. The molecule has 4 aliphatic rings. The van der Waals surface area contributed by atoms with E-state index in [2.05, 4.69) is 51.0 Å². The molecule has 4 fully saturated rings. The number of piperidine rings is 2. The van der Waals surface area contributed by atoms with Gasteiger partial charge in [0, 0.05) is 97.2 Å². The molecule has 1 unspecified atom stereocenters. The van der Waals surface area contributed by atoms with Crippen LogP contribution in [-0.2, 0) is 16.6 Å². The lowest BCUT2D eigenvalue weighted by Gasteiger charge is -2.38. The van der Waals surface area contributed by atoms with Crippen molar-refractivity contribution in [2.45, 2.75) is 56.5 Å². The van der Waals surface area contributed by atoms with Gasteiger partial charge in [0.1, 0.15) is 24.0 Å². The molecule has 59 heavy (non-hydrogen) atoms. The van der Waals surface area contributed by atoms with Gasteiger partial charge in [-0.15, -0.1) is 5.10 Å². The van der Waals surface area contributed by atoms with E-state index >= 15 is 0 Å². The quantitative estimate of drug-likeness (QED) is 0.134. The van der Waals surface area contributed by atoms with Crippen molar-refractivity contribution >= 4 is 57.3 Å². The summed E-state index contributed by atoms with van der Waals surface area (Å²) in [6, 6.07) is 10.3. The van der Waals surface area contributed by atoms with Gasteiger partial charge in [0.2, 0.25) is 17.7 Å². The molecular weight excluding hydrogens is 762 g/mol. The SMILES string of the molecule is CNc1cc(Nc2cccnc2OC2CCN(CCN3CCN(c4ccc5c(c4)n(C)c(=O)n5C4CCC(=O)NC4=O)CC3)CC2)nn2c(C(=O)N[C@@H]3C[C@@H]3F)cnc12. The number of hydrogen-bond acceptors (Lipinski definition) is 13. The van der Waals surface area contributed by atoms with Crippen molar-refractivity contribution in [1.82, 2.24) is 49.1 Å². The first-order valence-corrected chi connectivity index (χ1v) is 20.3. The van der Waals surface area contributed by atoms with Crippen LogP contribution in [0.15, 0.2) is 53.6 Å². The van der Waals surface area contributed by atoms with Crippen LogP contribution in [0.25, 0.3) is 16.7 Å². The van der Waals surface area contributed by atoms with E-state index in [-0.39, 0.29) is 29.8 Å². The Kier molecular flexibility index (Phi) is 10.4. The molecule has 0 radical (unpaired) electrons. The minimum Gasteiger partial charge on any atom is -0.473 e. The van der Waals surface area contributed by atoms with E-state index in [1.807, 2.05) is 30.3 Å². The molecule has 3 saturated heterocycles. The molecule has 3 aliphatic heterocycles. The van der Waals surface area contributed by atoms with Crippen molar-refractivity contribution in [2.24, 2.45) is 7.05 Å². The normalized spacial score (nSPS) is 21.8. The van der Waals surface area contributed by atoms with Crippen LogP contribution in [0.4, 0.5) is 27.3 Å². The minimum absolute atomic E-state index is 0.00276. The number of rotatable bonds is 12. The van der Waals surface area contributed by atoms with E-state index in [1.165, 1.54) is 15.3 Å². The summed E-state index contributed by atoms with van der Waals surface area (Å²) in [5.74, 6) is -0.252. The summed E-state index contributed by atoms with van der Waals surface area (Å²) < 4.78 is 24.5. The number of benzene rings is 1. The molecule has 1 aliphatic carbocycles. The van der Waals surface area contributed by atoms with Crippen LogP contribution < -0.4 is 36.6 Å². The number of imidazole rings is 2. The van der Waals surface area contributed by atoms with Gasteiger partial charge in [-0.1, -0.05) is 0 Å². The van der Waals surface area contributed by atoms with Crippen LogP contribution in [0.5, 0.6) is 5.88 Å². The van der Waals surface area contributed by atoms with Gasteiger partial charge in [-0.3, -0.25) is 33.7 Å². The number of alkyl halides is 1. The highest BCUT2D eigenvalue weighted by Gasteiger charge is 2.39. The second-order valence-corrected chi connectivity index (χ2v) is 15.7. The van der Waals surface area contributed by atoms with E-state index < -0.39 is 30.1 Å². The zero-order chi connectivity index (χ0) is 40.8. The van der Waals surface area contributed by atoms with E-state index in [0.29, 0.717) is 47.1 Å². The molecule has 310 valence electrons. The van der Waals surface area contributed by atoms with Gasteiger partial charge in [-0.2, -0.15) is 0 Å². The van der Waals surface area contributed by atoms with Crippen LogP contribution in [0.2, 0.25) is 0 Å².